The Kier molecular flexibility index (Phi) is 6.09. The average molecular weight is 446 g/mol. The summed E-state index contributed by atoms with van der Waals surface area (Å²) in [4.78, 5) is 33.8. The molecule has 3 rings (SSSR count). The molecule has 0 aliphatic carbocycles. The second-order valence-corrected chi connectivity index (χ2v) is 6.69. The Morgan fingerprint density at radius 1 is 1.13 bits per heavy atom. The summed E-state index contributed by atoms with van der Waals surface area (Å²) in [7, 11) is 0. The first kappa shape index (κ1) is 21.0. The Labute approximate surface area is 179 Å². The molecule has 3 aromatic rings. The molecule has 1 amide bonds. The lowest BCUT2D eigenvalue weighted by atomic mass is 10.1. The van der Waals surface area contributed by atoms with Crippen LogP contribution < -0.4 is 10.6 Å². The molecule has 1 aromatic heterocycles. The van der Waals surface area contributed by atoms with Crippen LogP contribution >= 0.6 is 23.8 Å². The second kappa shape index (κ2) is 8.72. The van der Waals surface area contributed by atoms with Crippen LogP contribution in [-0.4, -0.2) is 27.0 Å². The molecule has 152 valence electrons. The first-order valence-electron chi connectivity index (χ1n) is 8.24. The maximum Gasteiger partial charge on any atom is 0.337 e. The fourth-order valence-electron chi connectivity index (χ4n) is 2.48. The van der Waals surface area contributed by atoms with Crippen molar-refractivity contribution in [2.45, 2.75) is 0 Å². The summed E-state index contributed by atoms with van der Waals surface area (Å²) in [6.07, 6.45) is 0. The summed E-state index contributed by atoms with van der Waals surface area (Å²) in [5, 5.41) is 25.1. The van der Waals surface area contributed by atoms with Crippen LogP contribution in [0.4, 0.5) is 11.4 Å². The fourth-order valence-corrected chi connectivity index (χ4v) is 2.89. The van der Waals surface area contributed by atoms with E-state index >= 15 is 0 Å². The van der Waals surface area contributed by atoms with E-state index in [2.05, 4.69) is 10.6 Å². The van der Waals surface area contributed by atoms with E-state index in [1.807, 2.05) is 0 Å². The molecule has 0 saturated heterocycles. The van der Waals surface area contributed by atoms with Gasteiger partial charge in [-0.15, -0.1) is 0 Å². The highest BCUT2D eigenvalue weighted by molar-refractivity contribution is 7.80. The third-order valence-electron chi connectivity index (χ3n) is 3.85. The number of non-ortho nitro benzene ring substituents is 1. The van der Waals surface area contributed by atoms with Crippen LogP contribution in [0.15, 0.2) is 59.0 Å². The van der Waals surface area contributed by atoms with Crippen LogP contribution in [0.25, 0.3) is 11.3 Å². The molecule has 0 bridgehead atoms. The number of anilines is 1. The molecule has 0 unspecified atom stereocenters. The second-order valence-electron chi connectivity index (χ2n) is 5.88. The van der Waals surface area contributed by atoms with Gasteiger partial charge in [0.15, 0.2) is 10.9 Å². The van der Waals surface area contributed by atoms with Crippen molar-refractivity contribution in [1.29, 1.82) is 0 Å². The third kappa shape index (κ3) is 4.80. The topological polar surface area (TPSA) is 135 Å². The van der Waals surface area contributed by atoms with E-state index in [4.69, 9.17) is 33.3 Å². The number of carboxylic acid groups (broad SMARTS) is 1. The zero-order valence-electron chi connectivity index (χ0n) is 14.9. The molecular weight excluding hydrogens is 434 g/mol. The number of hydrogen-bond donors (Lipinski definition) is 3. The Morgan fingerprint density at radius 3 is 2.60 bits per heavy atom. The standard InChI is InChI=1S/C19H12ClN3O6S/c20-14-5-4-11(9-13(14)18(25)26)21-19(30)22-17(24)16-7-6-15(29-16)10-2-1-3-12(8-10)23(27)28/h1-9H,(H,25,26)(H2,21,22,24,30). The number of hydrogen-bond acceptors (Lipinski definition) is 6. The van der Waals surface area contributed by atoms with Gasteiger partial charge in [0, 0.05) is 23.4 Å². The first-order chi connectivity index (χ1) is 14.2. The SMILES string of the molecule is O=C(NC(=S)Nc1ccc(Cl)c(C(=O)O)c1)c1ccc(-c2cccc([N+](=O)[O-])c2)o1. The molecule has 11 heteroatoms. The summed E-state index contributed by atoms with van der Waals surface area (Å²) in [5.74, 6) is -1.66. The van der Waals surface area contributed by atoms with E-state index in [-0.39, 0.29) is 32.9 Å². The fraction of sp³-hybridized carbons (Fsp3) is 0. The highest BCUT2D eigenvalue weighted by atomic mass is 35.5. The lowest BCUT2D eigenvalue weighted by molar-refractivity contribution is -0.384. The number of nitrogens with zero attached hydrogens (tertiary/aromatic N) is 1. The van der Waals surface area contributed by atoms with Gasteiger partial charge in [0.25, 0.3) is 11.6 Å². The summed E-state index contributed by atoms with van der Waals surface area (Å²) < 4.78 is 5.47. The number of thiocarbonyl (C=S) groups is 1. The predicted octanol–water partition coefficient (Wildman–Crippen LogP) is 4.33. The highest BCUT2D eigenvalue weighted by Gasteiger charge is 2.16. The van der Waals surface area contributed by atoms with Gasteiger partial charge in [0.1, 0.15) is 5.76 Å². The number of nitrogens with one attached hydrogen (secondary N) is 2. The van der Waals surface area contributed by atoms with Crippen LogP contribution in [-0.2, 0) is 0 Å². The molecule has 0 fully saturated rings. The maximum absolute atomic E-state index is 12.3. The summed E-state index contributed by atoms with van der Waals surface area (Å²) in [6.45, 7) is 0. The maximum atomic E-state index is 12.3. The van der Waals surface area contributed by atoms with Crippen molar-refractivity contribution in [3.05, 3.63) is 81.1 Å². The van der Waals surface area contributed by atoms with Crippen LogP contribution in [0.2, 0.25) is 5.02 Å². The minimum absolute atomic E-state index is 0.0623. The number of carbonyl (C=O) groups excluding carboxylic acids is 1. The van der Waals surface area contributed by atoms with Crippen molar-refractivity contribution >= 4 is 52.2 Å². The molecular formula is C19H12ClN3O6S. The first-order valence-corrected chi connectivity index (χ1v) is 9.03. The molecule has 30 heavy (non-hydrogen) atoms. The van der Waals surface area contributed by atoms with Gasteiger partial charge in [-0.25, -0.2) is 4.79 Å². The lowest BCUT2D eigenvalue weighted by Crippen LogP contribution is -2.33. The molecule has 0 radical (unpaired) electrons. The number of nitro groups is 1. The number of benzene rings is 2. The molecule has 0 saturated carbocycles. The molecule has 0 aliphatic rings. The van der Waals surface area contributed by atoms with Crippen molar-refractivity contribution in [2.75, 3.05) is 5.32 Å². The van der Waals surface area contributed by atoms with E-state index in [0.29, 0.717) is 11.3 Å². The largest absolute Gasteiger partial charge is 0.478 e. The van der Waals surface area contributed by atoms with Gasteiger partial charge in [0.2, 0.25) is 0 Å². The molecule has 0 atom stereocenters. The minimum Gasteiger partial charge on any atom is -0.478 e. The third-order valence-corrected chi connectivity index (χ3v) is 4.39. The molecule has 2 aromatic carbocycles. The van der Waals surface area contributed by atoms with Crippen molar-refractivity contribution < 1.29 is 24.0 Å². The van der Waals surface area contributed by atoms with Gasteiger partial charge in [0.05, 0.1) is 15.5 Å². The van der Waals surface area contributed by atoms with Gasteiger partial charge < -0.3 is 14.8 Å². The normalized spacial score (nSPS) is 10.3. The Bertz CT molecular complexity index is 1180. The van der Waals surface area contributed by atoms with Crippen molar-refractivity contribution in [3.8, 4) is 11.3 Å². The zero-order chi connectivity index (χ0) is 21.8. The van der Waals surface area contributed by atoms with Crippen LogP contribution in [0.1, 0.15) is 20.9 Å². The molecule has 0 spiro atoms. The van der Waals surface area contributed by atoms with Crippen LogP contribution in [0.3, 0.4) is 0 Å². The van der Waals surface area contributed by atoms with E-state index in [1.165, 1.54) is 48.5 Å². The number of furan rings is 1. The Balaban J connectivity index is 1.69. The smallest absolute Gasteiger partial charge is 0.337 e. The van der Waals surface area contributed by atoms with Gasteiger partial charge in [-0.05, 0) is 42.5 Å². The van der Waals surface area contributed by atoms with Gasteiger partial charge in [-0.1, -0.05) is 23.7 Å². The summed E-state index contributed by atoms with van der Waals surface area (Å²) >= 11 is 10.9. The predicted molar refractivity (Wildman–Crippen MR) is 113 cm³/mol. The number of rotatable bonds is 5. The monoisotopic (exact) mass is 445 g/mol. The van der Waals surface area contributed by atoms with Gasteiger partial charge in [-0.3, -0.25) is 20.2 Å². The van der Waals surface area contributed by atoms with Gasteiger partial charge in [-0.2, -0.15) is 0 Å². The number of amides is 1. The molecule has 0 aliphatic heterocycles. The quantitative estimate of drug-likeness (QED) is 0.300. The number of nitro benzene ring substituents is 1. The molecule has 3 N–H and O–H groups in total. The zero-order valence-corrected chi connectivity index (χ0v) is 16.5. The average Bonchev–Trinajstić information content (AvgIpc) is 3.19. The van der Waals surface area contributed by atoms with Crippen LogP contribution in [0.5, 0.6) is 0 Å². The number of carbonyl (C=O) groups is 2. The lowest BCUT2D eigenvalue weighted by Gasteiger charge is -2.10. The molecule has 1 heterocycles. The number of carboxylic acids is 1. The highest BCUT2D eigenvalue weighted by Crippen LogP contribution is 2.26. The summed E-state index contributed by atoms with van der Waals surface area (Å²) in [6, 6.07) is 12.9. The Hall–Kier alpha value is -3.76. The van der Waals surface area contributed by atoms with E-state index < -0.39 is 16.8 Å². The van der Waals surface area contributed by atoms with E-state index in [1.54, 1.807) is 6.07 Å². The Morgan fingerprint density at radius 2 is 1.90 bits per heavy atom. The van der Waals surface area contributed by atoms with Crippen molar-refractivity contribution in [3.63, 3.8) is 0 Å². The number of aromatic carboxylic acids is 1. The van der Waals surface area contributed by atoms with E-state index in [0.717, 1.165) is 0 Å². The van der Waals surface area contributed by atoms with Crippen molar-refractivity contribution in [1.82, 2.24) is 5.32 Å². The van der Waals surface area contributed by atoms with Gasteiger partial charge >= 0.3 is 5.97 Å². The minimum atomic E-state index is -1.21. The van der Waals surface area contributed by atoms with Crippen molar-refractivity contribution in [2.24, 2.45) is 0 Å². The number of halogens is 1. The molecule has 9 nitrogen and oxygen atoms in total. The summed E-state index contributed by atoms with van der Waals surface area (Å²) in [5.41, 5.74) is 0.526. The van der Waals surface area contributed by atoms with Crippen LogP contribution in [0, 0.1) is 10.1 Å². The van der Waals surface area contributed by atoms with E-state index in [9.17, 15) is 19.7 Å².